The zero-order valence-corrected chi connectivity index (χ0v) is 8.67. The Balaban J connectivity index is 2.22. The van der Waals surface area contributed by atoms with E-state index in [1.165, 1.54) is 19.3 Å². The van der Waals surface area contributed by atoms with Gasteiger partial charge in [0.05, 0.1) is 11.9 Å². The van der Waals surface area contributed by atoms with Crippen LogP contribution in [-0.4, -0.2) is 23.1 Å². The van der Waals surface area contributed by atoms with Crippen molar-refractivity contribution < 1.29 is 0 Å². The van der Waals surface area contributed by atoms with Gasteiger partial charge in [-0.2, -0.15) is 4.98 Å². The average Bonchev–Trinajstić information content (AvgIpc) is 2.19. The van der Waals surface area contributed by atoms with Gasteiger partial charge in [-0.1, -0.05) is 0 Å². The molecule has 0 atom stereocenters. The highest BCUT2D eigenvalue weighted by Gasteiger charge is 2.14. The summed E-state index contributed by atoms with van der Waals surface area (Å²) in [5.41, 5.74) is 6.69. The third-order valence-electron chi connectivity index (χ3n) is 2.47. The highest BCUT2D eigenvalue weighted by Crippen LogP contribution is 2.24. The summed E-state index contributed by atoms with van der Waals surface area (Å²) in [5, 5.41) is 0.211. The van der Waals surface area contributed by atoms with Crippen LogP contribution in [0, 0.1) is 0 Å². The molecule has 0 unspecified atom stereocenters. The van der Waals surface area contributed by atoms with E-state index in [9.17, 15) is 0 Å². The van der Waals surface area contributed by atoms with Crippen LogP contribution in [-0.2, 0) is 0 Å². The van der Waals surface area contributed by atoms with Crippen molar-refractivity contribution in [2.45, 2.75) is 19.3 Å². The minimum atomic E-state index is 0.211. The van der Waals surface area contributed by atoms with Crippen LogP contribution in [0.3, 0.4) is 0 Å². The monoisotopic (exact) mass is 212 g/mol. The van der Waals surface area contributed by atoms with Crippen molar-refractivity contribution >= 4 is 23.1 Å². The van der Waals surface area contributed by atoms with Crippen LogP contribution in [0.4, 0.5) is 11.5 Å². The van der Waals surface area contributed by atoms with Gasteiger partial charge in [0.1, 0.15) is 0 Å². The highest BCUT2D eigenvalue weighted by atomic mass is 35.5. The van der Waals surface area contributed by atoms with Gasteiger partial charge in [0.15, 0.2) is 5.82 Å². The first kappa shape index (κ1) is 9.52. The Kier molecular flexibility index (Phi) is 2.72. The summed E-state index contributed by atoms with van der Waals surface area (Å²) in [6.45, 7) is 2.07. The van der Waals surface area contributed by atoms with E-state index in [0.29, 0.717) is 5.82 Å². The largest absolute Gasteiger partial charge is 0.382 e. The fraction of sp³-hybridized carbons (Fsp3) is 0.556. The number of nitrogens with two attached hydrogens (primary N) is 1. The van der Waals surface area contributed by atoms with Gasteiger partial charge < -0.3 is 10.6 Å². The Morgan fingerprint density at radius 2 is 2.00 bits per heavy atom. The lowest BCUT2D eigenvalue weighted by molar-refractivity contribution is 0.577. The van der Waals surface area contributed by atoms with Crippen molar-refractivity contribution in [3.05, 3.63) is 11.5 Å². The van der Waals surface area contributed by atoms with Crippen LogP contribution in [0.1, 0.15) is 19.3 Å². The summed E-state index contributed by atoms with van der Waals surface area (Å²) in [5.74, 6) is 0.479. The van der Waals surface area contributed by atoms with Crippen molar-refractivity contribution in [3.63, 3.8) is 0 Å². The number of halogens is 1. The van der Waals surface area contributed by atoms with E-state index < -0.39 is 0 Å². The topological polar surface area (TPSA) is 55.0 Å². The summed E-state index contributed by atoms with van der Waals surface area (Å²) in [7, 11) is 0. The molecule has 0 radical (unpaired) electrons. The van der Waals surface area contributed by atoms with Crippen LogP contribution < -0.4 is 10.6 Å². The molecule has 0 saturated carbocycles. The van der Waals surface area contributed by atoms with E-state index in [1.807, 2.05) is 0 Å². The SMILES string of the molecule is Nc1nc(Cl)ncc1N1CCCCC1. The molecule has 5 heteroatoms. The predicted octanol–water partition coefficient (Wildman–Crippen LogP) is 1.70. The van der Waals surface area contributed by atoms with Crippen LogP contribution >= 0.6 is 11.6 Å². The molecule has 1 fully saturated rings. The standard InChI is InChI=1S/C9H13ClN4/c10-9-12-6-7(8(11)13-9)14-4-2-1-3-5-14/h6H,1-5H2,(H2,11,12,13). The number of piperidine rings is 1. The number of rotatable bonds is 1. The molecule has 1 aromatic rings. The lowest BCUT2D eigenvalue weighted by Crippen LogP contribution is -2.30. The molecule has 1 saturated heterocycles. The first-order chi connectivity index (χ1) is 6.77. The molecular formula is C9H13ClN4. The summed E-state index contributed by atoms with van der Waals surface area (Å²) in [6, 6.07) is 0. The van der Waals surface area contributed by atoms with Gasteiger partial charge in [0.25, 0.3) is 0 Å². The van der Waals surface area contributed by atoms with E-state index in [1.54, 1.807) is 6.20 Å². The minimum absolute atomic E-state index is 0.211. The maximum Gasteiger partial charge on any atom is 0.224 e. The molecular weight excluding hydrogens is 200 g/mol. The third-order valence-corrected chi connectivity index (χ3v) is 2.65. The lowest BCUT2D eigenvalue weighted by Gasteiger charge is -2.28. The molecule has 0 bridgehead atoms. The maximum absolute atomic E-state index is 5.78. The van der Waals surface area contributed by atoms with E-state index in [2.05, 4.69) is 14.9 Å². The van der Waals surface area contributed by atoms with E-state index in [0.717, 1.165) is 18.8 Å². The van der Waals surface area contributed by atoms with E-state index in [4.69, 9.17) is 17.3 Å². The molecule has 0 aliphatic carbocycles. The second kappa shape index (κ2) is 4.00. The summed E-state index contributed by atoms with van der Waals surface area (Å²) < 4.78 is 0. The fourth-order valence-corrected chi connectivity index (χ4v) is 1.88. The molecule has 2 rings (SSSR count). The number of nitrogen functional groups attached to an aromatic ring is 1. The quantitative estimate of drug-likeness (QED) is 0.720. The smallest absolute Gasteiger partial charge is 0.224 e. The number of nitrogens with zero attached hydrogens (tertiary/aromatic N) is 3. The predicted molar refractivity (Wildman–Crippen MR) is 57.5 cm³/mol. The van der Waals surface area contributed by atoms with Crippen molar-refractivity contribution in [1.29, 1.82) is 0 Å². The molecule has 1 aromatic heterocycles. The number of hydrogen-bond donors (Lipinski definition) is 1. The zero-order chi connectivity index (χ0) is 9.97. The second-order valence-electron chi connectivity index (χ2n) is 3.46. The molecule has 14 heavy (non-hydrogen) atoms. The average molecular weight is 213 g/mol. The van der Waals surface area contributed by atoms with Crippen LogP contribution in [0.15, 0.2) is 6.20 Å². The van der Waals surface area contributed by atoms with Crippen molar-refractivity contribution in [2.24, 2.45) is 0 Å². The molecule has 76 valence electrons. The Labute approximate surface area is 88.1 Å². The van der Waals surface area contributed by atoms with Gasteiger partial charge in [0, 0.05) is 13.1 Å². The molecule has 1 aliphatic rings. The molecule has 1 aliphatic heterocycles. The number of aromatic nitrogens is 2. The van der Waals surface area contributed by atoms with Gasteiger partial charge in [-0.3, -0.25) is 0 Å². The highest BCUT2D eigenvalue weighted by molar-refractivity contribution is 6.28. The Bertz CT molecular complexity index is 323. The summed E-state index contributed by atoms with van der Waals surface area (Å²) >= 11 is 5.64. The van der Waals surface area contributed by atoms with Gasteiger partial charge in [-0.25, -0.2) is 4.98 Å². The van der Waals surface area contributed by atoms with Crippen LogP contribution in [0.25, 0.3) is 0 Å². The van der Waals surface area contributed by atoms with E-state index in [-0.39, 0.29) is 5.28 Å². The summed E-state index contributed by atoms with van der Waals surface area (Å²) in [4.78, 5) is 10.1. The third kappa shape index (κ3) is 1.90. The number of hydrogen-bond acceptors (Lipinski definition) is 4. The first-order valence-corrected chi connectivity index (χ1v) is 5.18. The molecule has 4 nitrogen and oxygen atoms in total. The Morgan fingerprint density at radius 1 is 1.29 bits per heavy atom. The molecule has 0 amide bonds. The first-order valence-electron chi connectivity index (χ1n) is 4.80. The fourth-order valence-electron chi connectivity index (χ4n) is 1.74. The Hall–Kier alpha value is -1.03. The van der Waals surface area contributed by atoms with Gasteiger partial charge in [-0.05, 0) is 30.9 Å². The molecule has 0 aromatic carbocycles. The van der Waals surface area contributed by atoms with Crippen molar-refractivity contribution in [1.82, 2.24) is 9.97 Å². The maximum atomic E-state index is 5.78. The second-order valence-corrected chi connectivity index (χ2v) is 3.80. The summed E-state index contributed by atoms with van der Waals surface area (Å²) in [6.07, 6.45) is 5.42. The van der Waals surface area contributed by atoms with Crippen LogP contribution in [0.2, 0.25) is 5.28 Å². The van der Waals surface area contributed by atoms with Gasteiger partial charge >= 0.3 is 0 Å². The van der Waals surface area contributed by atoms with Crippen molar-refractivity contribution in [2.75, 3.05) is 23.7 Å². The number of anilines is 2. The van der Waals surface area contributed by atoms with Crippen molar-refractivity contribution in [3.8, 4) is 0 Å². The Morgan fingerprint density at radius 3 is 2.64 bits per heavy atom. The molecule has 0 spiro atoms. The molecule has 2 heterocycles. The van der Waals surface area contributed by atoms with E-state index >= 15 is 0 Å². The molecule has 2 N–H and O–H groups in total. The van der Waals surface area contributed by atoms with Crippen LogP contribution in [0.5, 0.6) is 0 Å². The normalized spacial score (nSPS) is 17.1. The van der Waals surface area contributed by atoms with Gasteiger partial charge in [-0.15, -0.1) is 0 Å². The lowest BCUT2D eigenvalue weighted by atomic mass is 10.1. The zero-order valence-electron chi connectivity index (χ0n) is 7.91. The minimum Gasteiger partial charge on any atom is -0.382 e. The van der Waals surface area contributed by atoms with Gasteiger partial charge in [0.2, 0.25) is 5.28 Å².